The number of rotatable bonds is 0. The summed E-state index contributed by atoms with van der Waals surface area (Å²) in [6, 6.07) is 8.08. The molecule has 0 unspecified atom stereocenters. The molecule has 1 heteroatoms. The van der Waals surface area contributed by atoms with Gasteiger partial charge in [-0.05, 0) is 11.6 Å². The van der Waals surface area contributed by atoms with Crippen LogP contribution in [0.5, 0.6) is 5.75 Å². The molecule has 1 aromatic carbocycles. The molecule has 2 rings (SSSR count). The van der Waals surface area contributed by atoms with Gasteiger partial charge in [0.15, 0.2) is 0 Å². The minimum atomic E-state index is 0.0638. The van der Waals surface area contributed by atoms with E-state index in [2.05, 4.69) is 26.5 Å². The van der Waals surface area contributed by atoms with Crippen LogP contribution in [0.4, 0.5) is 0 Å². The Morgan fingerprint density at radius 1 is 1.20 bits per heavy atom. The lowest BCUT2D eigenvalue weighted by Gasteiger charge is -2.33. The predicted octanol–water partition coefficient (Wildman–Crippen LogP) is 4.14. The van der Waals surface area contributed by atoms with Crippen molar-refractivity contribution in [2.75, 3.05) is 6.61 Å². The Bertz CT molecular complexity index is 350. The standard InChI is InChI=1S/C12H14O.C2H6/c1-9-10-6-4-5-7-11(10)13-8-12(9,2)3;1-2/h4-7H,1,8H2,2-3H3;1-2H3. The zero-order valence-corrected chi connectivity index (χ0v) is 10.1. The Kier molecular flexibility index (Phi) is 3.57. The smallest absolute Gasteiger partial charge is 0.126 e. The van der Waals surface area contributed by atoms with Gasteiger partial charge < -0.3 is 4.74 Å². The molecule has 0 aromatic heterocycles. The molecule has 0 fully saturated rings. The van der Waals surface area contributed by atoms with Crippen LogP contribution >= 0.6 is 0 Å². The van der Waals surface area contributed by atoms with E-state index in [1.165, 1.54) is 5.57 Å². The molecule has 0 N–H and O–H groups in total. The number of ether oxygens (including phenoxy) is 1. The van der Waals surface area contributed by atoms with Crippen LogP contribution in [0, 0.1) is 5.41 Å². The third kappa shape index (κ3) is 2.23. The van der Waals surface area contributed by atoms with E-state index in [-0.39, 0.29) is 5.41 Å². The van der Waals surface area contributed by atoms with Crippen molar-refractivity contribution in [3.05, 3.63) is 36.4 Å². The Morgan fingerprint density at radius 3 is 2.47 bits per heavy atom. The first-order valence-corrected chi connectivity index (χ1v) is 5.53. The van der Waals surface area contributed by atoms with Crippen molar-refractivity contribution in [1.82, 2.24) is 0 Å². The normalized spacial score (nSPS) is 16.9. The highest BCUT2D eigenvalue weighted by molar-refractivity contribution is 5.73. The molecule has 1 aliphatic rings. The summed E-state index contributed by atoms with van der Waals surface area (Å²) >= 11 is 0. The van der Waals surface area contributed by atoms with Crippen molar-refractivity contribution in [3.63, 3.8) is 0 Å². The molecule has 0 atom stereocenters. The Morgan fingerprint density at radius 2 is 1.80 bits per heavy atom. The molecule has 1 aliphatic heterocycles. The maximum atomic E-state index is 5.65. The minimum Gasteiger partial charge on any atom is -0.492 e. The summed E-state index contributed by atoms with van der Waals surface area (Å²) in [7, 11) is 0. The van der Waals surface area contributed by atoms with Gasteiger partial charge in [0.25, 0.3) is 0 Å². The van der Waals surface area contributed by atoms with Crippen LogP contribution < -0.4 is 4.74 Å². The fraction of sp³-hybridized carbons (Fsp3) is 0.429. The summed E-state index contributed by atoms with van der Waals surface area (Å²) in [5, 5.41) is 0. The summed E-state index contributed by atoms with van der Waals surface area (Å²) in [4.78, 5) is 0. The van der Waals surface area contributed by atoms with Crippen molar-refractivity contribution in [3.8, 4) is 5.75 Å². The summed E-state index contributed by atoms with van der Waals surface area (Å²) in [5.41, 5.74) is 2.39. The molecular weight excluding hydrogens is 184 g/mol. The molecular formula is C14H20O. The topological polar surface area (TPSA) is 9.23 Å². The molecule has 0 aliphatic carbocycles. The Labute approximate surface area is 92.8 Å². The van der Waals surface area contributed by atoms with Gasteiger partial charge in [-0.25, -0.2) is 0 Å². The van der Waals surface area contributed by atoms with E-state index in [9.17, 15) is 0 Å². The molecule has 82 valence electrons. The Hall–Kier alpha value is -1.24. The van der Waals surface area contributed by atoms with Gasteiger partial charge in [-0.1, -0.05) is 52.5 Å². The zero-order chi connectivity index (χ0) is 11.5. The van der Waals surface area contributed by atoms with Crippen molar-refractivity contribution >= 4 is 5.57 Å². The van der Waals surface area contributed by atoms with E-state index in [0.717, 1.165) is 17.9 Å². The van der Waals surface area contributed by atoms with Crippen molar-refractivity contribution < 1.29 is 4.74 Å². The molecule has 0 amide bonds. The fourth-order valence-electron chi connectivity index (χ4n) is 1.55. The summed E-state index contributed by atoms with van der Waals surface area (Å²) < 4.78 is 5.65. The van der Waals surface area contributed by atoms with Gasteiger partial charge >= 0.3 is 0 Å². The first-order chi connectivity index (χ1) is 7.11. The first-order valence-electron chi connectivity index (χ1n) is 5.53. The quantitative estimate of drug-likeness (QED) is 0.617. The van der Waals surface area contributed by atoms with Crippen LogP contribution in [0.25, 0.3) is 5.57 Å². The van der Waals surface area contributed by atoms with Gasteiger partial charge in [0.2, 0.25) is 0 Å². The maximum Gasteiger partial charge on any atom is 0.126 e. The molecule has 0 saturated heterocycles. The van der Waals surface area contributed by atoms with Crippen molar-refractivity contribution in [2.45, 2.75) is 27.7 Å². The molecule has 1 nitrogen and oxygen atoms in total. The zero-order valence-electron chi connectivity index (χ0n) is 10.1. The molecule has 0 spiro atoms. The second kappa shape index (κ2) is 4.52. The monoisotopic (exact) mass is 204 g/mol. The van der Waals surface area contributed by atoms with E-state index in [1.807, 2.05) is 32.0 Å². The Balaban J connectivity index is 0.000000531. The fourth-order valence-corrected chi connectivity index (χ4v) is 1.55. The molecule has 1 heterocycles. The SMILES string of the molecule is C=C1c2ccccc2OCC1(C)C.CC. The second-order valence-corrected chi connectivity index (χ2v) is 4.15. The highest BCUT2D eigenvalue weighted by Gasteiger charge is 2.29. The summed E-state index contributed by atoms with van der Waals surface area (Å²) in [6.45, 7) is 13.2. The van der Waals surface area contributed by atoms with Gasteiger partial charge in [0, 0.05) is 11.0 Å². The van der Waals surface area contributed by atoms with Crippen LogP contribution in [0.2, 0.25) is 0 Å². The van der Waals surface area contributed by atoms with Crippen LogP contribution in [-0.4, -0.2) is 6.61 Å². The molecule has 1 aromatic rings. The summed E-state index contributed by atoms with van der Waals surface area (Å²) in [5.74, 6) is 0.965. The molecule has 0 saturated carbocycles. The molecule has 15 heavy (non-hydrogen) atoms. The number of hydrogen-bond acceptors (Lipinski definition) is 1. The van der Waals surface area contributed by atoms with Gasteiger partial charge in [-0.2, -0.15) is 0 Å². The van der Waals surface area contributed by atoms with E-state index in [1.54, 1.807) is 0 Å². The van der Waals surface area contributed by atoms with Crippen molar-refractivity contribution in [2.24, 2.45) is 5.41 Å². The summed E-state index contributed by atoms with van der Waals surface area (Å²) in [6.07, 6.45) is 0. The van der Waals surface area contributed by atoms with Crippen LogP contribution in [0.1, 0.15) is 33.3 Å². The van der Waals surface area contributed by atoms with Gasteiger partial charge in [0.1, 0.15) is 5.75 Å². The third-order valence-corrected chi connectivity index (χ3v) is 2.62. The highest BCUT2D eigenvalue weighted by Crippen LogP contribution is 2.41. The van der Waals surface area contributed by atoms with Gasteiger partial charge in [-0.15, -0.1) is 0 Å². The van der Waals surface area contributed by atoms with Crippen LogP contribution in [-0.2, 0) is 0 Å². The van der Waals surface area contributed by atoms with Crippen LogP contribution in [0.3, 0.4) is 0 Å². The molecule has 0 radical (unpaired) electrons. The number of hydrogen-bond donors (Lipinski definition) is 0. The number of benzene rings is 1. The highest BCUT2D eigenvalue weighted by atomic mass is 16.5. The average Bonchev–Trinajstić information content (AvgIpc) is 2.27. The van der Waals surface area contributed by atoms with Gasteiger partial charge in [-0.3, -0.25) is 0 Å². The lowest BCUT2D eigenvalue weighted by Crippen LogP contribution is -2.27. The lowest BCUT2D eigenvalue weighted by molar-refractivity contribution is 0.215. The second-order valence-electron chi connectivity index (χ2n) is 4.15. The van der Waals surface area contributed by atoms with Gasteiger partial charge in [0.05, 0.1) is 6.61 Å². The van der Waals surface area contributed by atoms with E-state index in [4.69, 9.17) is 4.74 Å². The molecule has 0 bridgehead atoms. The predicted molar refractivity (Wildman–Crippen MR) is 66.1 cm³/mol. The van der Waals surface area contributed by atoms with E-state index < -0.39 is 0 Å². The number of fused-ring (bicyclic) bond motifs is 1. The first kappa shape index (κ1) is 11.8. The van der Waals surface area contributed by atoms with Crippen molar-refractivity contribution in [1.29, 1.82) is 0 Å². The largest absolute Gasteiger partial charge is 0.492 e. The minimum absolute atomic E-state index is 0.0638. The maximum absolute atomic E-state index is 5.65. The third-order valence-electron chi connectivity index (χ3n) is 2.62. The number of para-hydroxylation sites is 1. The van der Waals surface area contributed by atoms with E-state index in [0.29, 0.717) is 0 Å². The average molecular weight is 204 g/mol. The lowest BCUT2D eigenvalue weighted by atomic mass is 9.80. The van der Waals surface area contributed by atoms with Crippen LogP contribution in [0.15, 0.2) is 30.8 Å². The van der Waals surface area contributed by atoms with E-state index >= 15 is 0 Å².